The van der Waals surface area contributed by atoms with E-state index in [1.54, 1.807) is 6.92 Å². The van der Waals surface area contributed by atoms with Gasteiger partial charge in [0.25, 0.3) is 5.56 Å². The van der Waals surface area contributed by atoms with Crippen LogP contribution < -0.4 is 11.3 Å². The smallest absolute Gasteiger partial charge is 0.255 e. The van der Waals surface area contributed by atoms with E-state index in [-0.39, 0.29) is 12.2 Å². The Morgan fingerprint density at radius 3 is 2.87 bits per heavy atom. The van der Waals surface area contributed by atoms with E-state index in [4.69, 9.17) is 10.8 Å². The number of aliphatic hydroxyl groups is 1. The molecule has 0 amide bonds. The molecule has 0 spiro atoms. The number of nitrogens with zero attached hydrogens (tertiary/aromatic N) is 1. The number of hydrogen-bond acceptors (Lipinski definition) is 5. The number of aromatic amines is 1. The van der Waals surface area contributed by atoms with E-state index < -0.39 is 0 Å². The Morgan fingerprint density at radius 2 is 2.33 bits per heavy atom. The molecule has 5 nitrogen and oxygen atoms in total. The van der Waals surface area contributed by atoms with E-state index in [0.717, 1.165) is 5.75 Å². The summed E-state index contributed by atoms with van der Waals surface area (Å²) in [5, 5.41) is 9.36. The van der Waals surface area contributed by atoms with Crippen LogP contribution >= 0.6 is 11.8 Å². The fourth-order valence-corrected chi connectivity index (χ4v) is 1.89. The Morgan fingerprint density at radius 1 is 1.60 bits per heavy atom. The summed E-state index contributed by atoms with van der Waals surface area (Å²) < 4.78 is 0. The highest BCUT2D eigenvalue weighted by Gasteiger charge is 2.07. The molecule has 0 unspecified atom stereocenters. The first-order valence-electron chi connectivity index (χ1n) is 4.72. The van der Waals surface area contributed by atoms with Crippen LogP contribution in [-0.4, -0.2) is 34.0 Å². The molecule has 0 fully saturated rings. The maximum absolute atomic E-state index is 11.6. The number of thioether (sulfide) groups is 1. The highest BCUT2D eigenvalue weighted by molar-refractivity contribution is 7.99. The van der Waals surface area contributed by atoms with Crippen molar-refractivity contribution >= 4 is 11.8 Å². The number of nitrogens with two attached hydrogens (primary N) is 1. The van der Waals surface area contributed by atoms with Gasteiger partial charge in [-0.1, -0.05) is 11.8 Å². The summed E-state index contributed by atoms with van der Waals surface area (Å²) in [4.78, 5) is 18.5. The maximum atomic E-state index is 11.6. The van der Waals surface area contributed by atoms with Gasteiger partial charge < -0.3 is 15.8 Å². The third kappa shape index (κ3) is 3.33. The second kappa shape index (κ2) is 5.89. The lowest BCUT2D eigenvalue weighted by Crippen LogP contribution is -2.18. The van der Waals surface area contributed by atoms with E-state index in [1.807, 2.05) is 0 Å². The van der Waals surface area contributed by atoms with Crippen LogP contribution in [0.15, 0.2) is 9.95 Å². The van der Waals surface area contributed by atoms with Crippen molar-refractivity contribution in [3.63, 3.8) is 0 Å². The zero-order valence-electron chi connectivity index (χ0n) is 8.62. The Balaban J connectivity index is 2.92. The highest BCUT2D eigenvalue weighted by atomic mass is 32.2. The van der Waals surface area contributed by atoms with Crippen LogP contribution in [0.2, 0.25) is 0 Å². The average Bonchev–Trinajstić information content (AvgIpc) is 2.20. The van der Waals surface area contributed by atoms with Crippen LogP contribution in [0.1, 0.15) is 11.3 Å². The van der Waals surface area contributed by atoms with Gasteiger partial charge >= 0.3 is 0 Å². The lowest BCUT2D eigenvalue weighted by molar-refractivity contribution is 0.298. The summed E-state index contributed by atoms with van der Waals surface area (Å²) >= 11 is 1.42. The topological polar surface area (TPSA) is 92.0 Å². The van der Waals surface area contributed by atoms with Crippen molar-refractivity contribution in [3.05, 3.63) is 21.6 Å². The van der Waals surface area contributed by atoms with Crippen molar-refractivity contribution in [2.75, 3.05) is 18.9 Å². The lowest BCUT2D eigenvalue weighted by atomic mass is 10.2. The van der Waals surface area contributed by atoms with Crippen molar-refractivity contribution < 1.29 is 5.11 Å². The number of aryl methyl sites for hydroxylation is 1. The quantitative estimate of drug-likeness (QED) is 0.475. The van der Waals surface area contributed by atoms with E-state index in [1.165, 1.54) is 11.8 Å². The fourth-order valence-electron chi connectivity index (χ4n) is 1.21. The predicted octanol–water partition coefficient (Wildman–Crippen LogP) is -0.336. The molecule has 0 atom stereocenters. The van der Waals surface area contributed by atoms with Gasteiger partial charge in [0.1, 0.15) is 0 Å². The summed E-state index contributed by atoms with van der Waals surface area (Å²) in [6, 6.07) is 0. The van der Waals surface area contributed by atoms with Crippen LogP contribution in [0.25, 0.3) is 0 Å². The maximum Gasteiger partial charge on any atom is 0.255 e. The van der Waals surface area contributed by atoms with Crippen molar-refractivity contribution in [1.29, 1.82) is 0 Å². The van der Waals surface area contributed by atoms with E-state index in [9.17, 15) is 4.79 Å². The first-order valence-corrected chi connectivity index (χ1v) is 5.71. The third-order valence-electron chi connectivity index (χ3n) is 1.92. The third-order valence-corrected chi connectivity index (χ3v) is 2.83. The van der Waals surface area contributed by atoms with Crippen molar-refractivity contribution in [2.45, 2.75) is 18.5 Å². The molecule has 4 N–H and O–H groups in total. The number of H-pyrrole nitrogens is 1. The Kier molecular flexibility index (Phi) is 4.80. The summed E-state index contributed by atoms with van der Waals surface area (Å²) in [7, 11) is 0. The SMILES string of the molecule is Cc1nc(SCCN)[nH]c(=O)c1CCO. The highest BCUT2D eigenvalue weighted by Crippen LogP contribution is 2.11. The molecule has 0 radical (unpaired) electrons. The molecule has 0 saturated carbocycles. The van der Waals surface area contributed by atoms with Gasteiger partial charge in [-0.15, -0.1) is 0 Å². The van der Waals surface area contributed by atoms with Crippen molar-refractivity contribution in [1.82, 2.24) is 9.97 Å². The summed E-state index contributed by atoms with van der Waals surface area (Å²) in [5.41, 5.74) is 6.41. The second-order valence-corrected chi connectivity index (χ2v) is 4.13. The van der Waals surface area contributed by atoms with Crippen LogP contribution in [0.3, 0.4) is 0 Å². The van der Waals surface area contributed by atoms with Crippen molar-refractivity contribution in [3.8, 4) is 0 Å². The van der Waals surface area contributed by atoms with Gasteiger partial charge in [0.15, 0.2) is 5.16 Å². The monoisotopic (exact) mass is 229 g/mol. The molecule has 1 rings (SSSR count). The Hall–Kier alpha value is -0.850. The van der Waals surface area contributed by atoms with E-state index >= 15 is 0 Å². The lowest BCUT2D eigenvalue weighted by Gasteiger charge is -2.04. The number of rotatable bonds is 5. The Bertz CT molecular complexity index is 378. The van der Waals surface area contributed by atoms with E-state index in [0.29, 0.717) is 29.4 Å². The second-order valence-electron chi connectivity index (χ2n) is 3.05. The van der Waals surface area contributed by atoms with Gasteiger partial charge in [0.2, 0.25) is 0 Å². The van der Waals surface area contributed by atoms with Gasteiger partial charge in [-0.2, -0.15) is 0 Å². The minimum atomic E-state index is -0.170. The predicted molar refractivity (Wildman–Crippen MR) is 60.2 cm³/mol. The molecule has 1 aromatic heterocycles. The zero-order chi connectivity index (χ0) is 11.3. The summed E-state index contributed by atoms with van der Waals surface area (Å²) in [5.74, 6) is 0.724. The molecule has 1 heterocycles. The van der Waals surface area contributed by atoms with Crippen LogP contribution in [0.4, 0.5) is 0 Å². The largest absolute Gasteiger partial charge is 0.396 e. The molecule has 84 valence electrons. The molecule has 0 aliphatic heterocycles. The van der Waals surface area contributed by atoms with Crippen molar-refractivity contribution in [2.24, 2.45) is 5.73 Å². The first kappa shape index (κ1) is 12.2. The average molecular weight is 229 g/mol. The molecule has 15 heavy (non-hydrogen) atoms. The van der Waals surface area contributed by atoms with Crippen LogP contribution in [0, 0.1) is 6.92 Å². The molecule has 0 saturated heterocycles. The van der Waals surface area contributed by atoms with Crippen LogP contribution in [0.5, 0.6) is 0 Å². The van der Waals surface area contributed by atoms with E-state index in [2.05, 4.69) is 9.97 Å². The molecular formula is C9H15N3O2S. The Labute approximate surface area is 92.1 Å². The fraction of sp³-hybridized carbons (Fsp3) is 0.556. The minimum absolute atomic E-state index is 0.0408. The molecule has 0 aliphatic carbocycles. The zero-order valence-corrected chi connectivity index (χ0v) is 9.43. The van der Waals surface area contributed by atoms with Gasteiger partial charge in [-0.05, 0) is 6.92 Å². The number of aliphatic hydroxyl groups excluding tert-OH is 1. The molecular weight excluding hydrogens is 214 g/mol. The summed E-state index contributed by atoms with van der Waals surface area (Å²) in [6.45, 7) is 2.28. The molecule has 0 aliphatic rings. The molecule has 0 bridgehead atoms. The summed E-state index contributed by atoms with van der Waals surface area (Å²) in [6.07, 6.45) is 0.343. The number of nitrogens with one attached hydrogen (secondary N) is 1. The number of hydrogen-bond donors (Lipinski definition) is 3. The van der Waals surface area contributed by atoms with Crippen LogP contribution in [-0.2, 0) is 6.42 Å². The van der Waals surface area contributed by atoms with Gasteiger partial charge in [-0.3, -0.25) is 4.79 Å². The van der Waals surface area contributed by atoms with Gasteiger partial charge in [0, 0.05) is 36.6 Å². The molecule has 0 aromatic carbocycles. The number of aromatic nitrogens is 2. The standard InChI is InChI=1S/C9H15N3O2S/c1-6-7(2-4-13)8(14)12-9(11-6)15-5-3-10/h13H,2-5,10H2,1H3,(H,11,12,14). The minimum Gasteiger partial charge on any atom is -0.396 e. The normalized spacial score (nSPS) is 10.6. The molecule has 6 heteroatoms. The molecule has 1 aromatic rings. The first-order chi connectivity index (χ1) is 7.19. The van der Waals surface area contributed by atoms with Gasteiger partial charge in [-0.25, -0.2) is 4.98 Å². The van der Waals surface area contributed by atoms with Gasteiger partial charge in [0.05, 0.1) is 0 Å².